The molecule has 0 spiro atoms. The van der Waals surface area contributed by atoms with Crippen molar-refractivity contribution in [3.05, 3.63) is 276 Å². The molecule has 10 aromatic carbocycles. The van der Waals surface area contributed by atoms with Gasteiger partial charge in [-0.2, -0.15) is 0 Å². The van der Waals surface area contributed by atoms with E-state index in [0.717, 1.165) is 157 Å². The maximum absolute atomic E-state index is 12.3. The fourth-order valence-corrected chi connectivity index (χ4v) is 16.1. The van der Waals surface area contributed by atoms with E-state index in [1.165, 1.54) is 18.1 Å². The second kappa shape index (κ2) is 54.9. The van der Waals surface area contributed by atoms with Crippen molar-refractivity contribution in [2.45, 2.75) is 143 Å². The van der Waals surface area contributed by atoms with Crippen molar-refractivity contribution in [2.24, 2.45) is 0 Å². The number of aromatic hydroxyl groups is 5. The monoisotopic (exact) mass is 1750 g/mol. The third kappa shape index (κ3) is 36.7. The maximum Gasteiger partial charge on any atom is 0.222 e. The molecule has 0 aliphatic carbocycles. The molecule has 11 rings (SSSR count). The number of benzene rings is 10. The van der Waals surface area contributed by atoms with E-state index >= 15 is 0 Å². The minimum atomic E-state index is -0.0776. The van der Waals surface area contributed by atoms with Crippen molar-refractivity contribution >= 4 is 88.2 Å². The molecule has 0 fully saturated rings. The molecule has 0 atom stereocenters. The highest BCUT2D eigenvalue weighted by Gasteiger charge is 2.21. The van der Waals surface area contributed by atoms with Gasteiger partial charge in [-0.25, -0.2) is 0 Å². The van der Waals surface area contributed by atoms with Crippen molar-refractivity contribution in [2.75, 3.05) is 91.5 Å². The second-order valence-electron chi connectivity index (χ2n) is 29.2. The Morgan fingerprint density at radius 1 is 0.358 bits per heavy atom. The zero-order chi connectivity index (χ0) is 88.7. The first kappa shape index (κ1) is 98.7. The van der Waals surface area contributed by atoms with Crippen molar-refractivity contribution in [3.8, 4) is 51.7 Å². The molecule has 0 saturated carbocycles. The van der Waals surface area contributed by atoms with Crippen LogP contribution in [0.1, 0.15) is 116 Å². The Kier molecular flexibility index (Phi) is 44.1. The van der Waals surface area contributed by atoms with E-state index in [2.05, 4.69) is 11.4 Å². The van der Waals surface area contributed by atoms with E-state index < -0.39 is 0 Å². The first-order chi connectivity index (χ1) is 59.4. The molecule has 10 aromatic rings. The van der Waals surface area contributed by atoms with Crippen molar-refractivity contribution in [1.29, 1.82) is 0 Å². The third-order valence-corrected chi connectivity index (χ3v) is 23.9. The number of para-hydroxylation sites is 6. The number of aryl methyl sites for hydroxylation is 1. The van der Waals surface area contributed by atoms with Crippen LogP contribution in [-0.2, 0) is 74.3 Å². The van der Waals surface area contributed by atoms with Gasteiger partial charge in [0.2, 0.25) is 35.4 Å². The number of methoxy groups -OCH3 is 3. The predicted octanol–water partition coefficient (Wildman–Crippen LogP) is 19.4. The zero-order valence-electron chi connectivity index (χ0n) is 72.0. The van der Waals surface area contributed by atoms with E-state index in [1.54, 1.807) is 161 Å². The molecule has 654 valence electrons. The molecule has 0 saturated heterocycles. The molecule has 1 aliphatic rings. The molecule has 25 heteroatoms. The van der Waals surface area contributed by atoms with E-state index in [4.69, 9.17) is 18.9 Å². The van der Waals surface area contributed by atoms with Crippen LogP contribution < -0.4 is 24.3 Å². The van der Waals surface area contributed by atoms with Crippen LogP contribution in [0.5, 0.6) is 51.7 Å². The predicted molar refractivity (Wildman–Crippen MR) is 496 cm³/mol. The van der Waals surface area contributed by atoms with Gasteiger partial charge >= 0.3 is 0 Å². The minimum Gasteiger partial charge on any atom is -0.508 e. The molecule has 0 radical (unpaired) electrons. The van der Waals surface area contributed by atoms with Gasteiger partial charge in [0.1, 0.15) is 51.7 Å². The van der Waals surface area contributed by atoms with Gasteiger partial charge in [-0.3, -0.25) is 28.8 Å². The third-order valence-electron chi connectivity index (χ3n) is 19.5. The average molecular weight is 1750 g/mol. The van der Waals surface area contributed by atoms with Crippen LogP contribution in [0.2, 0.25) is 0 Å². The van der Waals surface area contributed by atoms with Crippen LogP contribution >= 0.6 is 47.0 Å². The number of phenolic OH excluding ortho intramolecular Hbond substituents is 5. The molecule has 0 aromatic heterocycles. The molecular weight excluding hydrogens is 1630 g/mol. The van der Waals surface area contributed by atoms with Gasteiger partial charge in [-0.15, -0.1) is 47.0 Å². The van der Waals surface area contributed by atoms with E-state index in [1.807, 2.05) is 198 Å². The van der Waals surface area contributed by atoms with Gasteiger partial charge in [0.25, 0.3) is 0 Å². The zero-order valence-corrected chi connectivity index (χ0v) is 75.2. The SMILES string of the molecule is CN(Cc1cccc2c1OCC2)C(=O)CCCSc1ccc(O)cc1.CN(Cc1ccccc1O)C(=O)CCCSc1ccc(O)cc1.COc1ccccc1CN(C)C(=O)CCCCc1ccc(O)cc1.COc1ccccc1CN(C)C(=O)CCCSc1ccc(NC(C)=O)cc1.COc1ccccc1CN(C)C(=O)CCCSc1ccccc1O. The number of nitrogens with zero attached hydrogens (tertiary/aromatic N) is 5. The molecule has 6 amide bonds. The number of carbonyl (C=O) groups is 6. The Bertz CT molecular complexity index is 4870. The fourth-order valence-electron chi connectivity index (χ4n) is 12.6. The average Bonchev–Trinajstić information content (AvgIpc) is 1.68. The summed E-state index contributed by atoms with van der Waals surface area (Å²) in [5, 5.41) is 50.0. The number of carbonyl (C=O) groups excluding carboxylic acids is 6. The topological polar surface area (TPSA) is 269 Å². The highest BCUT2D eigenvalue weighted by Crippen LogP contribution is 2.33. The lowest BCUT2D eigenvalue weighted by molar-refractivity contribution is -0.131. The van der Waals surface area contributed by atoms with Crippen molar-refractivity contribution < 1.29 is 73.2 Å². The summed E-state index contributed by atoms with van der Waals surface area (Å²) in [6.45, 7) is 4.86. The minimum absolute atomic E-state index is 0.0690. The summed E-state index contributed by atoms with van der Waals surface area (Å²) in [6.07, 6.45) is 9.47. The molecule has 1 aliphatic heterocycles. The quantitative estimate of drug-likeness (QED) is 0.0154. The van der Waals surface area contributed by atoms with Gasteiger partial charge < -0.3 is 74.3 Å². The summed E-state index contributed by atoms with van der Waals surface area (Å²) < 4.78 is 21.7. The van der Waals surface area contributed by atoms with Crippen LogP contribution in [-0.4, -0.2) is 172 Å². The molecule has 0 bridgehead atoms. The number of hydrogen-bond acceptors (Lipinski definition) is 19. The maximum atomic E-state index is 12.3. The van der Waals surface area contributed by atoms with Gasteiger partial charge in [-0.1, -0.05) is 115 Å². The van der Waals surface area contributed by atoms with E-state index in [9.17, 15) is 54.3 Å². The summed E-state index contributed by atoms with van der Waals surface area (Å²) in [4.78, 5) is 85.1. The smallest absolute Gasteiger partial charge is 0.222 e. The van der Waals surface area contributed by atoms with Crippen LogP contribution in [0, 0.1) is 0 Å². The van der Waals surface area contributed by atoms with Gasteiger partial charge in [0.05, 0.1) is 27.9 Å². The summed E-state index contributed by atoms with van der Waals surface area (Å²) in [6, 6.07) is 72.9. The van der Waals surface area contributed by atoms with E-state index in [0.29, 0.717) is 70.6 Å². The number of rotatable bonds is 39. The Morgan fingerprint density at radius 3 is 1.09 bits per heavy atom. The number of ether oxygens (including phenoxy) is 4. The lowest BCUT2D eigenvalue weighted by Crippen LogP contribution is -2.26. The van der Waals surface area contributed by atoms with Crippen molar-refractivity contribution in [3.63, 3.8) is 0 Å². The van der Waals surface area contributed by atoms with Gasteiger partial charge in [0, 0.05) is 166 Å². The van der Waals surface area contributed by atoms with Crippen LogP contribution in [0.4, 0.5) is 5.69 Å². The Hall–Kier alpha value is -11.4. The number of phenols is 5. The molecule has 6 N–H and O–H groups in total. The number of hydrogen-bond donors (Lipinski definition) is 6. The number of unbranched alkanes of at least 4 members (excludes halogenated alkanes) is 1. The van der Waals surface area contributed by atoms with Gasteiger partial charge in [-0.05, 0) is 200 Å². The molecule has 123 heavy (non-hydrogen) atoms. The van der Waals surface area contributed by atoms with Crippen LogP contribution in [0.25, 0.3) is 0 Å². The fraction of sp³-hybridized carbons (Fsp3) is 0.327. The van der Waals surface area contributed by atoms with Crippen LogP contribution in [0.15, 0.2) is 256 Å². The number of thioether (sulfide) groups is 4. The highest BCUT2D eigenvalue weighted by atomic mass is 32.2. The summed E-state index contributed by atoms with van der Waals surface area (Å²) in [7, 11) is 14.0. The second-order valence-corrected chi connectivity index (χ2v) is 33.8. The van der Waals surface area contributed by atoms with E-state index in [-0.39, 0.29) is 58.4 Å². The Balaban J connectivity index is 0.000000212. The largest absolute Gasteiger partial charge is 0.508 e. The summed E-state index contributed by atoms with van der Waals surface area (Å²) in [5.41, 5.74) is 8.07. The number of nitrogens with one attached hydrogen (secondary N) is 1. The Labute approximate surface area is 742 Å². The standard InChI is InChI=1S/C21H26N2O3S.C20H23NO3S.C20H25NO3.C19H23NO3S.C18H21NO3S/c1-16(24)22-18-10-12-19(13-11-18)27-14-6-9-21(25)23(2)15-17-7-4-5-8-20(17)26-3;1-21(14-16-5-2-4-15-11-12-24-20(15)16)19(23)6-3-13-25-18-9-7-17(22)8-10-18;1-21(15-17-8-4-5-9-19(17)24-2)20(23)10-6-3-7-16-11-13-18(22)14-12-16;1-20(14-15-8-3-5-10-17(15)23-2)19(22)12-7-13-24-18-11-6-4-9-16(18)21;1-19(13-14-5-2-3-6-17(14)21)18(22)7-4-12-23-16-10-8-15(20)9-11-16/h4-5,7-8,10-13H,6,9,14-15H2,1-3H3,(H,22,24);2,4-5,7-10,22H,3,6,11-14H2,1H3;4-5,8-9,11-14,22H,3,6-7,10,15H2,1-2H3;3-6,8-11,21H,7,12-14H2,1-2H3;2-3,5-6,8-11,20-21H,4,7,12-13H2,1H3. The lowest BCUT2D eigenvalue weighted by Gasteiger charge is -2.18. The Morgan fingerprint density at radius 2 is 0.691 bits per heavy atom. The number of anilines is 1. The molecular formula is C98H118N6O15S4. The number of fused-ring (bicyclic) bond motifs is 1. The highest BCUT2D eigenvalue weighted by molar-refractivity contribution is 8.00. The first-order valence-corrected chi connectivity index (χ1v) is 44.9. The summed E-state index contributed by atoms with van der Waals surface area (Å²) >= 11 is 6.65. The van der Waals surface area contributed by atoms with Crippen LogP contribution in [0.3, 0.4) is 0 Å². The molecule has 1 heterocycles. The van der Waals surface area contributed by atoms with Gasteiger partial charge in [0.15, 0.2) is 0 Å². The van der Waals surface area contributed by atoms with Crippen molar-refractivity contribution in [1.82, 2.24) is 24.5 Å². The lowest BCUT2D eigenvalue weighted by atomic mass is 10.1. The molecule has 21 nitrogen and oxygen atoms in total. The molecule has 0 unspecified atom stereocenters. The normalized spacial score (nSPS) is 10.8. The summed E-state index contributed by atoms with van der Waals surface area (Å²) in [5.74, 6) is 8.63. The number of amides is 6. The first-order valence-electron chi connectivity index (χ1n) is 41.0.